The molecule has 0 spiro atoms. The molecule has 0 radical (unpaired) electrons. The standard InChI is InChI=1S/C16H20O6S/c1-3-7-13-12(10-14(17)21-2)15(16(18)22-13)23(19,20)11-8-5-4-6-9-11/h4-6,8-9,12-13,15H,3,7,10H2,1-2H3/t12-,13-,15+/m1/s1. The Morgan fingerprint density at radius 2 is 1.91 bits per heavy atom. The fourth-order valence-electron chi connectivity index (χ4n) is 2.86. The lowest BCUT2D eigenvalue weighted by Crippen LogP contribution is -2.35. The Hall–Kier alpha value is -1.89. The molecular formula is C16H20O6S. The molecule has 1 heterocycles. The van der Waals surface area contributed by atoms with Gasteiger partial charge in [-0.15, -0.1) is 0 Å². The minimum Gasteiger partial charge on any atom is -0.469 e. The molecule has 1 saturated heterocycles. The van der Waals surface area contributed by atoms with Gasteiger partial charge in [0.2, 0.25) is 0 Å². The molecule has 3 atom stereocenters. The van der Waals surface area contributed by atoms with Crippen LogP contribution in [-0.4, -0.2) is 38.8 Å². The van der Waals surface area contributed by atoms with E-state index < -0.39 is 39.0 Å². The number of ether oxygens (including phenoxy) is 2. The second-order valence-corrected chi connectivity index (χ2v) is 7.56. The van der Waals surface area contributed by atoms with Gasteiger partial charge in [0.05, 0.1) is 18.4 Å². The molecule has 1 aliphatic heterocycles. The summed E-state index contributed by atoms with van der Waals surface area (Å²) in [6, 6.07) is 7.74. The molecule has 0 amide bonds. The van der Waals surface area contributed by atoms with E-state index in [1.165, 1.54) is 19.2 Å². The first kappa shape index (κ1) is 17.5. The van der Waals surface area contributed by atoms with Crippen molar-refractivity contribution >= 4 is 21.8 Å². The summed E-state index contributed by atoms with van der Waals surface area (Å²) in [6.07, 6.45) is 0.473. The Morgan fingerprint density at radius 1 is 1.26 bits per heavy atom. The molecule has 23 heavy (non-hydrogen) atoms. The van der Waals surface area contributed by atoms with E-state index in [4.69, 9.17) is 4.74 Å². The molecule has 0 N–H and O–H groups in total. The number of carbonyl (C=O) groups is 2. The van der Waals surface area contributed by atoms with Crippen LogP contribution < -0.4 is 0 Å². The van der Waals surface area contributed by atoms with E-state index in [0.29, 0.717) is 12.8 Å². The molecule has 0 unspecified atom stereocenters. The van der Waals surface area contributed by atoms with Gasteiger partial charge < -0.3 is 9.47 Å². The molecule has 1 aromatic rings. The molecule has 0 aliphatic carbocycles. The van der Waals surface area contributed by atoms with Crippen LogP contribution in [0.3, 0.4) is 0 Å². The summed E-state index contributed by atoms with van der Waals surface area (Å²) >= 11 is 0. The van der Waals surface area contributed by atoms with Gasteiger partial charge in [0.25, 0.3) is 0 Å². The highest BCUT2D eigenvalue weighted by atomic mass is 32.2. The van der Waals surface area contributed by atoms with Crippen LogP contribution in [0.4, 0.5) is 0 Å². The summed E-state index contributed by atoms with van der Waals surface area (Å²) in [7, 11) is -2.69. The number of esters is 2. The lowest BCUT2D eigenvalue weighted by atomic mass is 9.94. The normalized spacial score (nSPS) is 24.3. The number of rotatable bonds is 6. The summed E-state index contributed by atoms with van der Waals surface area (Å²) in [5.74, 6) is -2.08. The van der Waals surface area contributed by atoms with Crippen LogP contribution in [0.25, 0.3) is 0 Å². The van der Waals surface area contributed by atoms with Crippen molar-refractivity contribution in [1.82, 2.24) is 0 Å². The zero-order chi connectivity index (χ0) is 17.0. The molecule has 126 valence electrons. The van der Waals surface area contributed by atoms with Gasteiger partial charge >= 0.3 is 11.9 Å². The van der Waals surface area contributed by atoms with Crippen molar-refractivity contribution in [3.63, 3.8) is 0 Å². The van der Waals surface area contributed by atoms with Gasteiger partial charge in [-0.3, -0.25) is 9.59 Å². The van der Waals surface area contributed by atoms with Gasteiger partial charge in [-0.05, 0) is 18.6 Å². The van der Waals surface area contributed by atoms with Crippen LogP contribution in [-0.2, 0) is 28.9 Å². The summed E-state index contributed by atoms with van der Waals surface area (Å²) in [4.78, 5) is 23.9. The number of carbonyl (C=O) groups excluding carboxylic acids is 2. The Bertz CT molecular complexity index is 667. The zero-order valence-electron chi connectivity index (χ0n) is 13.1. The van der Waals surface area contributed by atoms with E-state index in [9.17, 15) is 18.0 Å². The molecule has 1 fully saturated rings. The maximum atomic E-state index is 12.8. The maximum Gasteiger partial charge on any atom is 0.325 e. The van der Waals surface area contributed by atoms with E-state index in [0.717, 1.165) is 0 Å². The first-order valence-electron chi connectivity index (χ1n) is 7.48. The highest BCUT2D eigenvalue weighted by Gasteiger charge is 2.52. The first-order valence-corrected chi connectivity index (χ1v) is 9.02. The van der Waals surface area contributed by atoms with Crippen molar-refractivity contribution < 1.29 is 27.5 Å². The minimum atomic E-state index is -3.92. The molecule has 0 bridgehead atoms. The second-order valence-electron chi connectivity index (χ2n) is 5.49. The summed E-state index contributed by atoms with van der Waals surface area (Å²) < 4.78 is 35.5. The summed E-state index contributed by atoms with van der Waals surface area (Å²) in [6.45, 7) is 1.90. The quantitative estimate of drug-likeness (QED) is 0.733. The fraction of sp³-hybridized carbons (Fsp3) is 0.500. The van der Waals surface area contributed by atoms with Crippen LogP contribution in [0, 0.1) is 5.92 Å². The maximum absolute atomic E-state index is 12.8. The molecule has 1 aromatic carbocycles. The van der Waals surface area contributed by atoms with Crippen LogP contribution in [0.5, 0.6) is 0 Å². The number of hydrogen-bond acceptors (Lipinski definition) is 6. The monoisotopic (exact) mass is 340 g/mol. The van der Waals surface area contributed by atoms with Crippen molar-refractivity contribution in [2.24, 2.45) is 5.92 Å². The van der Waals surface area contributed by atoms with Crippen molar-refractivity contribution in [2.75, 3.05) is 7.11 Å². The molecule has 7 heteroatoms. The number of hydrogen-bond donors (Lipinski definition) is 0. The number of sulfone groups is 1. The molecule has 0 aromatic heterocycles. The Balaban J connectivity index is 2.40. The van der Waals surface area contributed by atoms with Crippen LogP contribution in [0.2, 0.25) is 0 Å². The SMILES string of the molecule is CCC[C@H]1OC(=O)[C@@H](S(=O)(=O)c2ccccc2)[C@@H]1CC(=O)OC. The van der Waals surface area contributed by atoms with Crippen LogP contribution >= 0.6 is 0 Å². The number of cyclic esters (lactones) is 1. The third kappa shape index (κ3) is 3.55. The van der Waals surface area contributed by atoms with Gasteiger partial charge in [0.15, 0.2) is 15.1 Å². The molecule has 6 nitrogen and oxygen atoms in total. The Morgan fingerprint density at radius 3 is 2.48 bits per heavy atom. The van der Waals surface area contributed by atoms with Gasteiger partial charge in [-0.25, -0.2) is 8.42 Å². The highest BCUT2D eigenvalue weighted by Crippen LogP contribution is 2.36. The van der Waals surface area contributed by atoms with Gasteiger partial charge in [0, 0.05) is 5.92 Å². The zero-order valence-corrected chi connectivity index (χ0v) is 13.9. The average molecular weight is 340 g/mol. The predicted octanol–water partition coefficient (Wildman–Crippen LogP) is 1.73. The van der Waals surface area contributed by atoms with Crippen molar-refractivity contribution in [3.05, 3.63) is 30.3 Å². The van der Waals surface area contributed by atoms with Gasteiger partial charge in [0.1, 0.15) is 6.10 Å². The largest absolute Gasteiger partial charge is 0.469 e. The van der Waals surface area contributed by atoms with E-state index in [-0.39, 0.29) is 11.3 Å². The van der Waals surface area contributed by atoms with Crippen molar-refractivity contribution in [1.29, 1.82) is 0 Å². The fourth-order valence-corrected chi connectivity index (χ4v) is 4.73. The van der Waals surface area contributed by atoms with Gasteiger partial charge in [-0.2, -0.15) is 0 Å². The smallest absolute Gasteiger partial charge is 0.325 e. The first-order chi connectivity index (χ1) is 10.9. The Kier molecular flexibility index (Phi) is 5.41. The van der Waals surface area contributed by atoms with E-state index in [2.05, 4.69) is 4.74 Å². The van der Waals surface area contributed by atoms with E-state index >= 15 is 0 Å². The van der Waals surface area contributed by atoms with Crippen LogP contribution in [0.1, 0.15) is 26.2 Å². The molecule has 0 saturated carbocycles. The molecule has 1 aliphatic rings. The second kappa shape index (κ2) is 7.12. The number of benzene rings is 1. The molecule has 2 rings (SSSR count). The Labute approximate surface area is 135 Å². The van der Waals surface area contributed by atoms with Crippen molar-refractivity contribution in [3.8, 4) is 0 Å². The van der Waals surface area contributed by atoms with E-state index in [1.807, 2.05) is 6.92 Å². The lowest BCUT2D eigenvalue weighted by Gasteiger charge is -2.19. The van der Waals surface area contributed by atoms with Crippen molar-refractivity contribution in [2.45, 2.75) is 42.4 Å². The lowest BCUT2D eigenvalue weighted by molar-refractivity contribution is -0.144. The minimum absolute atomic E-state index is 0.0500. The highest BCUT2D eigenvalue weighted by molar-refractivity contribution is 7.92. The molecular weight excluding hydrogens is 320 g/mol. The van der Waals surface area contributed by atoms with E-state index in [1.54, 1.807) is 18.2 Å². The topological polar surface area (TPSA) is 86.7 Å². The number of methoxy groups -OCH3 is 1. The third-order valence-electron chi connectivity index (χ3n) is 3.98. The third-order valence-corrected chi connectivity index (χ3v) is 6.12. The summed E-state index contributed by atoms with van der Waals surface area (Å²) in [5.41, 5.74) is 0. The van der Waals surface area contributed by atoms with Crippen LogP contribution in [0.15, 0.2) is 35.2 Å². The summed E-state index contributed by atoms with van der Waals surface area (Å²) in [5, 5.41) is -1.37. The predicted molar refractivity (Wildman–Crippen MR) is 82.3 cm³/mol. The average Bonchev–Trinajstić information content (AvgIpc) is 2.84. The van der Waals surface area contributed by atoms with Gasteiger partial charge in [-0.1, -0.05) is 31.5 Å².